The number of amides is 1. The molecule has 0 aliphatic rings. The van der Waals surface area contributed by atoms with Crippen molar-refractivity contribution in [3.63, 3.8) is 0 Å². The normalized spacial score (nSPS) is 11.0. The van der Waals surface area contributed by atoms with E-state index in [9.17, 15) is 4.79 Å². The van der Waals surface area contributed by atoms with Gasteiger partial charge in [0.25, 0.3) is 5.91 Å². The first-order valence-electron chi connectivity index (χ1n) is 8.03. The molecule has 130 valence electrons. The third-order valence-electron chi connectivity index (χ3n) is 3.95. The summed E-state index contributed by atoms with van der Waals surface area (Å²) in [5.74, 6) is -0.161. The highest BCUT2D eigenvalue weighted by atomic mass is 79.9. The van der Waals surface area contributed by atoms with Gasteiger partial charge in [-0.3, -0.25) is 9.48 Å². The van der Waals surface area contributed by atoms with E-state index < -0.39 is 0 Å². The molecule has 26 heavy (non-hydrogen) atoms. The van der Waals surface area contributed by atoms with E-state index in [-0.39, 0.29) is 11.7 Å². The number of carbonyl (C=O) groups excluding carboxylic acids is 1. The Balaban J connectivity index is 1.48. The molecule has 0 bridgehead atoms. The molecule has 0 fully saturated rings. The zero-order chi connectivity index (χ0) is 17.9. The van der Waals surface area contributed by atoms with Crippen LogP contribution in [0.5, 0.6) is 0 Å². The van der Waals surface area contributed by atoms with Crippen molar-refractivity contribution in [1.29, 1.82) is 0 Å². The second kappa shape index (κ2) is 7.09. The summed E-state index contributed by atoms with van der Waals surface area (Å²) in [5, 5.41) is 11.3. The number of nitrogens with zero attached hydrogens (tertiary/aromatic N) is 5. The molecule has 7 nitrogen and oxygen atoms in total. The molecule has 0 spiro atoms. The summed E-state index contributed by atoms with van der Waals surface area (Å²) in [6.45, 7) is 1.05. The maximum absolute atomic E-state index is 12.4. The smallest absolute Gasteiger partial charge is 0.291 e. The molecule has 0 saturated heterocycles. The predicted octanol–water partition coefficient (Wildman–Crippen LogP) is 2.67. The first kappa shape index (κ1) is 16.5. The number of rotatable bonds is 5. The lowest BCUT2D eigenvalue weighted by molar-refractivity contribution is 0.0940. The van der Waals surface area contributed by atoms with Crippen LogP contribution in [0.15, 0.2) is 65.5 Å². The van der Waals surface area contributed by atoms with E-state index >= 15 is 0 Å². The lowest BCUT2D eigenvalue weighted by atomic mass is 10.1. The highest BCUT2D eigenvalue weighted by molar-refractivity contribution is 9.10. The highest BCUT2D eigenvalue weighted by Crippen LogP contribution is 2.12. The van der Waals surface area contributed by atoms with E-state index in [1.54, 1.807) is 23.0 Å². The minimum atomic E-state index is -0.307. The number of carbonyl (C=O) groups is 1. The summed E-state index contributed by atoms with van der Waals surface area (Å²) in [7, 11) is 0. The van der Waals surface area contributed by atoms with Crippen molar-refractivity contribution < 1.29 is 4.79 Å². The van der Waals surface area contributed by atoms with Gasteiger partial charge in [0.15, 0.2) is 5.65 Å². The van der Waals surface area contributed by atoms with Crippen molar-refractivity contribution >= 4 is 27.5 Å². The van der Waals surface area contributed by atoms with Gasteiger partial charge >= 0.3 is 0 Å². The van der Waals surface area contributed by atoms with Gasteiger partial charge in [-0.2, -0.15) is 5.10 Å². The Labute approximate surface area is 157 Å². The fourth-order valence-corrected chi connectivity index (χ4v) is 2.99. The van der Waals surface area contributed by atoms with Crippen LogP contribution in [-0.4, -0.2) is 30.3 Å². The van der Waals surface area contributed by atoms with Gasteiger partial charge in [-0.15, -0.1) is 5.10 Å². The molecule has 4 rings (SSSR count). The van der Waals surface area contributed by atoms with Gasteiger partial charge < -0.3 is 5.32 Å². The largest absolute Gasteiger partial charge is 0.345 e. The molecule has 1 N–H and O–H groups in total. The van der Waals surface area contributed by atoms with Crippen LogP contribution in [0, 0.1) is 0 Å². The molecular formula is C18H15BrN6O. The molecule has 1 amide bonds. The molecule has 0 unspecified atom stereocenters. The minimum Gasteiger partial charge on any atom is -0.345 e. The number of nitrogens with one attached hydrogen (secondary N) is 1. The maximum Gasteiger partial charge on any atom is 0.291 e. The Morgan fingerprint density at radius 3 is 2.77 bits per heavy atom. The average molecular weight is 411 g/mol. The fourth-order valence-electron chi connectivity index (χ4n) is 2.66. The molecule has 3 aromatic heterocycles. The Morgan fingerprint density at radius 1 is 1.12 bits per heavy atom. The molecule has 0 atom stereocenters. The van der Waals surface area contributed by atoms with Crippen molar-refractivity contribution in [2.45, 2.75) is 13.1 Å². The molecule has 0 aliphatic carbocycles. The second-order valence-corrected chi connectivity index (χ2v) is 6.66. The Bertz CT molecular complexity index is 1060. The highest BCUT2D eigenvalue weighted by Gasteiger charge is 2.13. The third-order valence-corrected chi connectivity index (χ3v) is 4.42. The van der Waals surface area contributed by atoms with Gasteiger partial charge in [-0.25, -0.2) is 9.50 Å². The number of fused-ring (bicyclic) bond motifs is 1. The molecule has 1 aromatic carbocycles. The molecule has 4 aromatic rings. The van der Waals surface area contributed by atoms with E-state index in [1.165, 1.54) is 0 Å². The lowest BCUT2D eigenvalue weighted by Gasteiger charge is -2.10. The van der Waals surface area contributed by atoms with Gasteiger partial charge in [-0.1, -0.05) is 24.3 Å². The van der Waals surface area contributed by atoms with Crippen LogP contribution < -0.4 is 5.32 Å². The fraction of sp³-hybridized carbons (Fsp3) is 0.111. The number of pyridine rings is 1. The number of hydrogen-bond acceptors (Lipinski definition) is 4. The van der Waals surface area contributed by atoms with Crippen molar-refractivity contribution in [2.24, 2.45) is 0 Å². The molecule has 8 heteroatoms. The zero-order valence-corrected chi connectivity index (χ0v) is 15.3. The summed E-state index contributed by atoms with van der Waals surface area (Å²) in [6.07, 6.45) is 5.42. The Hall–Kier alpha value is -3.00. The van der Waals surface area contributed by atoms with E-state index in [4.69, 9.17) is 0 Å². The van der Waals surface area contributed by atoms with Gasteiger partial charge in [0, 0.05) is 29.6 Å². The van der Waals surface area contributed by atoms with Crippen LogP contribution in [0.2, 0.25) is 0 Å². The molecule has 0 radical (unpaired) electrons. The maximum atomic E-state index is 12.4. The third kappa shape index (κ3) is 3.50. The summed E-state index contributed by atoms with van der Waals surface area (Å²) < 4.78 is 4.29. The van der Waals surface area contributed by atoms with Gasteiger partial charge in [0.2, 0.25) is 5.82 Å². The number of benzene rings is 1. The summed E-state index contributed by atoms with van der Waals surface area (Å²) in [5.41, 5.74) is 2.75. The molecule has 0 aliphatic heterocycles. The van der Waals surface area contributed by atoms with Gasteiger partial charge in [0.05, 0.1) is 6.54 Å². The number of halogens is 1. The van der Waals surface area contributed by atoms with Crippen LogP contribution in [0.1, 0.15) is 21.7 Å². The zero-order valence-electron chi connectivity index (χ0n) is 13.7. The Morgan fingerprint density at radius 2 is 1.96 bits per heavy atom. The topological polar surface area (TPSA) is 77.1 Å². The standard InChI is InChI=1S/C18H15BrN6O/c19-15-6-7-16-22-17(23-25(16)12-15)18(26)20-10-13-4-1-2-5-14(13)11-24-9-3-8-21-24/h1-9,12H,10-11H2,(H,20,26). The molecule has 0 saturated carbocycles. The van der Waals surface area contributed by atoms with Gasteiger partial charge in [-0.05, 0) is 45.3 Å². The van der Waals surface area contributed by atoms with Crippen LogP contribution in [0.4, 0.5) is 0 Å². The molecule has 3 heterocycles. The predicted molar refractivity (Wildman–Crippen MR) is 99.6 cm³/mol. The van der Waals surface area contributed by atoms with Crippen molar-refractivity contribution in [1.82, 2.24) is 29.7 Å². The van der Waals surface area contributed by atoms with Crippen LogP contribution in [0.25, 0.3) is 5.65 Å². The summed E-state index contributed by atoms with van der Waals surface area (Å²) in [6, 6.07) is 13.5. The van der Waals surface area contributed by atoms with Crippen molar-refractivity contribution in [3.05, 3.63) is 82.5 Å². The van der Waals surface area contributed by atoms with E-state index in [1.807, 2.05) is 47.3 Å². The molecular weight excluding hydrogens is 396 g/mol. The van der Waals surface area contributed by atoms with Crippen LogP contribution >= 0.6 is 15.9 Å². The minimum absolute atomic E-state index is 0.146. The van der Waals surface area contributed by atoms with Gasteiger partial charge in [0.1, 0.15) is 0 Å². The van der Waals surface area contributed by atoms with E-state index in [2.05, 4.69) is 36.4 Å². The first-order chi connectivity index (χ1) is 12.7. The second-order valence-electron chi connectivity index (χ2n) is 5.74. The summed E-state index contributed by atoms with van der Waals surface area (Å²) >= 11 is 3.38. The van der Waals surface area contributed by atoms with Crippen molar-refractivity contribution in [2.75, 3.05) is 0 Å². The quantitative estimate of drug-likeness (QED) is 0.548. The number of aromatic nitrogens is 5. The van der Waals surface area contributed by atoms with Crippen molar-refractivity contribution in [3.8, 4) is 0 Å². The average Bonchev–Trinajstić information content (AvgIpc) is 3.30. The summed E-state index contributed by atoms with van der Waals surface area (Å²) in [4.78, 5) is 16.7. The monoisotopic (exact) mass is 410 g/mol. The first-order valence-corrected chi connectivity index (χ1v) is 8.83. The van der Waals surface area contributed by atoms with Crippen LogP contribution in [0.3, 0.4) is 0 Å². The lowest BCUT2D eigenvalue weighted by Crippen LogP contribution is -2.24. The number of hydrogen-bond donors (Lipinski definition) is 1. The van der Waals surface area contributed by atoms with E-state index in [0.717, 1.165) is 15.6 Å². The van der Waals surface area contributed by atoms with E-state index in [0.29, 0.717) is 18.7 Å². The SMILES string of the molecule is O=C(NCc1ccccc1Cn1cccn1)c1nc2ccc(Br)cn2n1. The van der Waals surface area contributed by atoms with Crippen LogP contribution in [-0.2, 0) is 13.1 Å². The Kier molecular flexibility index (Phi) is 4.49.